The summed E-state index contributed by atoms with van der Waals surface area (Å²) in [7, 11) is 0. The summed E-state index contributed by atoms with van der Waals surface area (Å²) in [6.07, 6.45) is 1.17. The van der Waals surface area contributed by atoms with Gasteiger partial charge >= 0.3 is 0 Å². The van der Waals surface area contributed by atoms with Crippen LogP contribution < -0.4 is 16.4 Å². The molecule has 1 fully saturated rings. The summed E-state index contributed by atoms with van der Waals surface area (Å²) in [6.45, 7) is 4.99. The Morgan fingerprint density at radius 2 is 2.09 bits per heavy atom. The van der Waals surface area contributed by atoms with E-state index >= 15 is 0 Å². The van der Waals surface area contributed by atoms with Crippen molar-refractivity contribution in [2.45, 2.75) is 51.5 Å². The number of aliphatic hydroxyl groups is 3. The van der Waals surface area contributed by atoms with E-state index in [2.05, 4.69) is 25.6 Å². The fourth-order valence-electron chi connectivity index (χ4n) is 3.97. The lowest BCUT2D eigenvalue weighted by Crippen LogP contribution is -2.48. The number of fused-ring (bicyclic) bond motifs is 1. The lowest BCUT2D eigenvalue weighted by atomic mass is 10.0. The average Bonchev–Trinajstić information content (AvgIpc) is 3.30. The second-order valence-electron chi connectivity index (χ2n) is 8.36. The zero-order chi connectivity index (χ0) is 23.9. The van der Waals surface area contributed by atoms with E-state index in [4.69, 9.17) is 10.7 Å². The van der Waals surface area contributed by atoms with Gasteiger partial charge in [-0.2, -0.15) is 4.98 Å². The van der Waals surface area contributed by atoms with E-state index in [9.17, 15) is 20.1 Å². The number of hydrogen-bond acceptors (Lipinski definition) is 11. The Morgan fingerprint density at radius 3 is 2.73 bits per heavy atom. The fraction of sp³-hybridized carbons (Fsp3) is 0.476. The van der Waals surface area contributed by atoms with Crippen LogP contribution in [0.4, 0.5) is 11.8 Å². The topological polar surface area (TPSA) is 179 Å². The number of nitrogens with zero attached hydrogens (tertiary/aromatic N) is 4. The van der Waals surface area contributed by atoms with Gasteiger partial charge < -0.3 is 31.7 Å². The quantitative estimate of drug-likeness (QED) is 0.270. The number of nitrogens with two attached hydrogens (primary N) is 1. The number of primary amides is 1. The van der Waals surface area contributed by atoms with E-state index in [1.165, 1.54) is 11.3 Å². The number of aryl methyl sites for hydroxylation is 2. The van der Waals surface area contributed by atoms with Crippen molar-refractivity contribution >= 4 is 39.2 Å². The number of amides is 1. The van der Waals surface area contributed by atoms with Crippen LogP contribution in [0.15, 0.2) is 12.3 Å². The number of aliphatic hydroxyl groups excluding tert-OH is 2. The van der Waals surface area contributed by atoms with Crippen molar-refractivity contribution in [1.29, 1.82) is 0 Å². The highest BCUT2D eigenvalue weighted by Crippen LogP contribution is 2.40. The average molecular weight is 474 g/mol. The number of thiazole rings is 1. The molecule has 0 saturated heterocycles. The molecule has 176 valence electrons. The molecule has 11 nitrogen and oxygen atoms in total. The molecule has 3 heterocycles. The van der Waals surface area contributed by atoms with Gasteiger partial charge in [0.2, 0.25) is 11.9 Å². The number of pyridine rings is 1. The van der Waals surface area contributed by atoms with E-state index in [1.807, 2.05) is 13.0 Å². The Morgan fingerprint density at radius 1 is 1.33 bits per heavy atom. The molecule has 3 aromatic rings. The maximum Gasteiger partial charge on any atom is 0.239 e. The minimum absolute atomic E-state index is 0.138. The van der Waals surface area contributed by atoms with Gasteiger partial charge in [0.1, 0.15) is 28.5 Å². The highest BCUT2D eigenvalue weighted by Gasteiger charge is 2.47. The summed E-state index contributed by atoms with van der Waals surface area (Å²) in [4.78, 5) is 29.5. The summed E-state index contributed by atoms with van der Waals surface area (Å²) in [5, 5.41) is 37.8. The zero-order valence-corrected chi connectivity index (χ0v) is 19.3. The Hall–Kier alpha value is -2.93. The first-order valence-corrected chi connectivity index (χ1v) is 11.4. The van der Waals surface area contributed by atoms with Crippen LogP contribution >= 0.6 is 11.3 Å². The molecular weight excluding hydrogens is 446 g/mol. The van der Waals surface area contributed by atoms with Crippen molar-refractivity contribution in [3.8, 4) is 10.6 Å². The van der Waals surface area contributed by atoms with Gasteiger partial charge in [0.05, 0.1) is 21.7 Å². The van der Waals surface area contributed by atoms with Gasteiger partial charge in [-0.1, -0.05) is 0 Å². The van der Waals surface area contributed by atoms with Crippen LogP contribution in [0.5, 0.6) is 0 Å². The molecule has 7 N–H and O–H groups in total. The predicted molar refractivity (Wildman–Crippen MR) is 125 cm³/mol. The molecule has 0 radical (unpaired) electrons. The van der Waals surface area contributed by atoms with Gasteiger partial charge in [-0.3, -0.25) is 9.78 Å². The molecule has 4 atom stereocenters. The third kappa shape index (κ3) is 4.34. The van der Waals surface area contributed by atoms with Gasteiger partial charge in [0.25, 0.3) is 0 Å². The van der Waals surface area contributed by atoms with Crippen LogP contribution in [0.1, 0.15) is 31.2 Å². The third-order valence-electron chi connectivity index (χ3n) is 5.97. The van der Waals surface area contributed by atoms with Crippen LogP contribution in [-0.4, -0.2) is 65.6 Å². The maximum absolute atomic E-state index is 11.5. The smallest absolute Gasteiger partial charge is 0.239 e. The Kier molecular flexibility index (Phi) is 6.18. The summed E-state index contributed by atoms with van der Waals surface area (Å²) >= 11 is 1.43. The van der Waals surface area contributed by atoms with Crippen LogP contribution in [0.2, 0.25) is 0 Å². The maximum atomic E-state index is 11.5. The number of carbonyl (C=O) groups is 1. The van der Waals surface area contributed by atoms with Crippen LogP contribution in [0.3, 0.4) is 0 Å². The van der Waals surface area contributed by atoms with E-state index in [-0.39, 0.29) is 24.8 Å². The van der Waals surface area contributed by atoms with Crippen molar-refractivity contribution < 1.29 is 20.1 Å². The predicted octanol–water partition coefficient (Wildman–Crippen LogP) is 0.915. The molecule has 1 amide bonds. The zero-order valence-electron chi connectivity index (χ0n) is 18.5. The lowest BCUT2D eigenvalue weighted by Gasteiger charge is -2.31. The third-order valence-corrected chi connectivity index (χ3v) is 7.01. The normalized spacial score (nSPS) is 23.6. The lowest BCUT2D eigenvalue weighted by molar-refractivity contribution is -0.118. The van der Waals surface area contributed by atoms with E-state index in [1.54, 1.807) is 20.0 Å². The molecule has 0 bridgehead atoms. The van der Waals surface area contributed by atoms with Crippen LogP contribution in [0.25, 0.3) is 20.8 Å². The van der Waals surface area contributed by atoms with Crippen molar-refractivity contribution in [3.05, 3.63) is 23.7 Å². The molecule has 0 aromatic carbocycles. The summed E-state index contributed by atoms with van der Waals surface area (Å²) in [6, 6.07) is 1.15. The van der Waals surface area contributed by atoms with Crippen molar-refractivity contribution in [2.24, 2.45) is 11.7 Å². The number of carbonyl (C=O) groups excluding carboxylic acids is 1. The second-order valence-corrected chi connectivity index (χ2v) is 9.39. The molecule has 3 aromatic heterocycles. The van der Waals surface area contributed by atoms with Gasteiger partial charge in [-0.15, -0.1) is 11.3 Å². The Bertz CT molecular complexity index is 1200. The van der Waals surface area contributed by atoms with Gasteiger partial charge in [0.15, 0.2) is 5.72 Å². The van der Waals surface area contributed by atoms with Crippen molar-refractivity contribution in [3.63, 3.8) is 0 Å². The largest absolute Gasteiger partial charge is 0.396 e. The Labute approximate surface area is 194 Å². The van der Waals surface area contributed by atoms with Gasteiger partial charge in [-0.05, 0) is 39.7 Å². The summed E-state index contributed by atoms with van der Waals surface area (Å²) in [5.74, 6) is -0.651. The van der Waals surface area contributed by atoms with E-state index < -0.39 is 29.7 Å². The molecule has 0 aliphatic heterocycles. The van der Waals surface area contributed by atoms with E-state index in [0.29, 0.717) is 22.7 Å². The minimum atomic E-state index is -1.70. The number of nitrogens with one attached hydrogen (secondary N) is 2. The minimum Gasteiger partial charge on any atom is -0.396 e. The molecule has 0 spiro atoms. The first kappa shape index (κ1) is 23.2. The van der Waals surface area contributed by atoms with Crippen LogP contribution in [0, 0.1) is 19.8 Å². The highest BCUT2D eigenvalue weighted by molar-refractivity contribution is 7.21. The monoisotopic (exact) mass is 473 g/mol. The number of anilines is 2. The molecule has 33 heavy (non-hydrogen) atoms. The number of hydrogen-bond donors (Lipinski definition) is 6. The molecule has 1 aliphatic rings. The van der Waals surface area contributed by atoms with Gasteiger partial charge in [-0.25, -0.2) is 9.97 Å². The first-order valence-electron chi connectivity index (χ1n) is 10.6. The molecule has 12 heteroatoms. The summed E-state index contributed by atoms with van der Waals surface area (Å²) < 4.78 is 0.937. The second kappa shape index (κ2) is 8.78. The molecule has 1 saturated carbocycles. The molecule has 1 aliphatic carbocycles. The standard InChI is InChI=1S/C21H27N7O4S/c1-9-14(19-26-15-10(2)23-7-5-13(15)33-19)18(27-20(24-9)25-11(3)17(22)31)28-21(32)6-4-12(8-29)16(21)30/h5,7,11-12,16,29-30,32H,4,6,8H2,1-3H3,(H2,22,31)(H2,24,25,27,28). The number of rotatable bonds is 7. The van der Waals surface area contributed by atoms with Crippen molar-refractivity contribution in [1.82, 2.24) is 19.9 Å². The first-order chi connectivity index (χ1) is 15.6. The van der Waals surface area contributed by atoms with Gasteiger partial charge in [0, 0.05) is 18.7 Å². The molecule has 4 rings (SSSR count). The summed E-state index contributed by atoms with van der Waals surface area (Å²) in [5.41, 5.74) is 6.30. The Balaban J connectivity index is 1.82. The van der Waals surface area contributed by atoms with E-state index in [0.717, 1.165) is 15.9 Å². The molecular formula is C21H27N7O4S. The van der Waals surface area contributed by atoms with Crippen molar-refractivity contribution in [2.75, 3.05) is 17.2 Å². The SMILES string of the molecule is Cc1nc(NC(C)C(N)=O)nc(NC2(O)CCC(CO)C2O)c1-c1nc2c(C)nccc2s1. The number of aromatic nitrogens is 4. The van der Waals surface area contributed by atoms with Crippen LogP contribution in [-0.2, 0) is 4.79 Å². The highest BCUT2D eigenvalue weighted by atomic mass is 32.1. The fourth-order valence-corrected chi connectivity index (χ4v) is 5.08. The molecule has 4 unspecified atom stereocenters.